The molecule has 1 aromatic heterocycles. The van der Waals surface area contributed by atoms with Gasteiger partial charge in [0.1, 0.15) is 11.6 Å². The van der Waals surface area contributed by atoms with Crippen molar-refractivity contribution >= 4 is 17.4 Å². The molecule has 0 unspecified atom stereocenters. The Morgan fingerprint density at radius 3 is 2.81 bits per heavy atom. The molecule has 0 aliphatic heterocycles. The third-order valence-corrected chi connectivity index (χ3v) is 4.09. The molecule has 0 bridgehead atoms. The Hall–Kier alpha value is -1.75. The summed E-state index contributed by atoms with van der Waals surface area (Å²) >= 11 is 5.99. The molecule has 0 saturated heterocycles. The van der Waals surface area contributed by atoms with Gasteiger partial charge in [-0.1, -0.05) is 22.8 Å². The summed E-state index contributed by atoms with van der Waals surface area (Å²) in [4.78, 5) is 15.6. The van der Waals surface area contributed by atoms with Gasteiger partial charge in [0.25, 0.3) is 0 Å². The van der Waals surface area contributed by atoms with E-state index in [0.29, 0.717) is 41.8 Å². The van der Waals surface area contributed by atoms with E-state index in [4.69, 9.17) is 16.1 Å². The summed E-state index contributed by atoms with van der Waals surface area (Å²) in [5.41, 5.74) is 0.754. The van der Waals surface area contributed by atoms with E-state index < -0.39 is 0 Å². The zero-order valence-electron chi connectivity index (χ0n) is 11.3. The number of nitrogens with zero attached hydrogens (tertiary/aromatic N) is 2. The van der Waals surface area contributed by atoms with E-state index in [0.717, 1.165) is 18.4 Å². The van der Waals surface area contributed by atoms with E-state index in [-0.39, 0.29) is 11.7 Å². The molecule has 1 aromatic carbocycles. The number of aromatic nitrogens is 2. The number of halogens is 2. The molecular formula is C15H14ClFN2O2. The lowest BCUT2D eigenvalue weighted by Crippen LogP contribution is -2.12. The molecule has 2 aromatic rings. The smallest absolute Gasteiger partial charge is 0.229 e. The number of hydrogen-bond acceptors (Lipinski definition) is 4. The molecule has 1 fully saturated rings. The second-order valence-electron chi connectivity index (χ2n) is 5.27. The van der Waals surface area contributed by atoms with Crippen LogP contribution in [-0.4, -0.2) is 15.9 Å². The van der Waals surface area contributed by atoms with Crippen molar-refractivity contribution in [2.45, 2.75) is 38.0 Å². The lowest BCUT2D eigenvalue weighted by Gasteiger charge is -2.16. The second-order valence-corrected chi connectivity index (χ2v) is 5.68. The monoisotopic (exact) mass is 308 g/mol. The maximum atomic E-state index is 13.0. The molecule has 0 N–H and O–H groups in total. The van der Waals surface area contributed by atoms with Gasteiger partial charge in [-0.3, -0.25) is 4.79 Å². The van der Waals surface area contributed by atoms with Crippen LogP contribution in [-0.2, 0) is 11.2 Å². The van der Waals surface area contributed by atoms with Crippen molar-refractivity contribution in [2.24, 2.45) is 0 Å². The van der Waals surface area contributed by atoms with Crippen LogP contribution in [0.3, 0.4) is 0 Å². The first-order chi connectivity index (χ1) is 10.1. The first-order valence-electron chi connectivity index (χ1n) is 6.90. The molecule has 1 aliphatic rings. The van der Waals surface area contributed by atoms with Crippen LogP contribution in [0.5, 0.6) is 0 Å². The van der Waals surface area contributed by atoms with Gasteiger partial charge in [0.2, 0.25) is 5.89 Å². The minimum atomic E-state index is -0.371. The zero-order chi connectivity index (χ0) is 14.8. The highest BCUT2D eigenvalue weighted by Gasteiger charge is 2.25. The molecule has 3 rings (SSSR count). The predicted molar refractivity (Wildman–Crippen MR) is 74.7 cm³/mol. The van der Waals surface area contributed by atoms with Crippen molar-refractivity contribution in [3.05, 3.63) is 46.3 Å². The second kappa shape index (κ2) is 5.93. The summed E-state index contributed by atoms with van der Waals surface area (Å²) in [7, 11) is 0. The normalized spacial score (nSPS) is 16.4. The fraction of sp³-hybridized carbons (Fsp3) is 0.400. The highest BCUT2D eigenvalue weighted by molar-refractivity contribution is 6.31. The Balaban J connectivity index is 1.71. The number of carbonyl (C=O) groups excluding carboxylic acids is 1. The number of benzene rings is 1. The third-order valence-electron chi connectivity index (χ3n) is 3.74. The quantitative estimate of drug-likeness (QED) is 0.868. The number of Topliss-reactive ketones (excluding diaryl/α,β-unsaturated/α-hetero) is 1. The average molecular weight is 309 g/mol. The Morgan fingerprint density at radius 2 is 2.10 bits per heavy atom. The highest BCUT2D eigenvalue weighted by atomic mass is 35.5. The molecule has 1 aliphatic carbocycles. The van der Waals surface area contributed by atoms with Crippen LogP contribution in [0, 0.1) is 5.82 Å². The van der Waals surface area contributed by atoms with E-state index in [1.54, 1.807) is 6.07 Å². The van der Waals surface area contributed by atoms with Crippen LogP contribution in [0.1, 0.15) is 48.9 Å². The van der Waals surface area contributed by atoms with Crippen molar-refractivity contribution in [3.63, 3.8) is 0 Å². The van der Waals surface area contributed by atoms with E-state index in [1.165, 1.54) is 12.1 Å². The van der Waals surface area contributed by atoms with Crippen LogP contribution < -0.4 is 0 Å². The molecule has 0 spiro atoms. The maximum Gasteiger partial charge on any atom is 0.229 e. The topological polar surface area (TPSA) is 56.0 Å². The van der Waals surface area contributed by atoms with Gasteiger partial charge in [-0.15, -0.1) is 0 Å². The van der Waals surface area contributed by atoms with E-state index in [1.807, 2.05) is 0 Å². The maximum absolute atomic E-state index is 13.0. The largest absolute Gasteiger partial charge is 0.339 e. The Morgan fingerprint density at radius 1 is 1.33 bits per heavy atom. The van der Waals surface area contributed by atoms with E-state index in [2.05, 4.69) is 10.1 Å². The third kappa shape index (κ3) is 3.29. The fourth-order valence-corrected chi connectivity index (χ4v) is 2.76. The summed E-state index contributed by atoms with van der Waals surface area (Å²) in [6.07, 6.45) is 3.07. The molecule has 4 nitrogen and oxygen atoms in total. The molecule has 21 heavy (non-hydrogen) atoms. The van der Waals surface area contributed by atoms with Gasteiger partial charge >= 0.3 is 0 Å². The lowest BCUT2D eigenvalue weighted by atomic mass is 9.88. The highest BCUT2D eigenvalue weighted by Crippen LogP contribution is 2.30. The summed E-state index contributed by atoms with van der Waals surface area (Å²) in [5, 5.41) is 4.30. The summed E-state index contributed by atoms with van der Waals surface area (Å²) in [5.74, 6) is 1.19. The van der Waals surface area contributed by atoms with Crippen molar-refractivity contribution in [1.82, 2.24) is 10.1 Å². The Bertz CT molecular complexity index is 661. The van der Waals surface area contributed by atoms with Gasteiger partial charge in [0, 0.05) is 30.2 Å². The van der Waals surface area contributed by atoms with Crippen LogP contribution in [0.15, 0.2) is 22.7 Å². The minimum Gasteiger partial charge on any atom is -0.339 e. The molecule has 0 radical (unpaired) electrons. The lowest BCUT2D eigenvalue weighted by molar-refractivity contribution is -0.120. The van der Waals surface area contributed by atoms with Crippen LogP contribution in [0.4, 0.5) is 4.39 Å². The van der Waals surface area contributed by atoms with Crippen molar-refractivity contribution in [1.29, 1.82) is 0 Å². The predicted octanol–water partition coefficient (Wildman–Crippen LogP) is 3.68. The van der Waals surface area contributed by atoms with Crippen molar-refractivity contribution in [3.8, 4) is 0 Å². The first kappa shape index (κ1) is 14.2. The standard InChI is InChI=1S/C15H14ClFN2O2/c16-13-8-11(17)4-1-10(13)7-14-18-15(21-19-14)9-2-5-12(20)6-3-9/h1,4,8-9H,2-3,5-7H2. The Labute approximate surface area is 126 Å². The van der Waals surface area contributed by atoms with Gasteiger partial charge in [0.05, 0.1) is 0 Å². The van der Waals surface area contributed by atoms with Gasteiger partial charge in [0.15, 0.2) is 5.82 Å². The molecule has 0 amide bonds. The molecule has 1 heterocycles. The van der Waals surface area contributed by atoms with Crippen molar-refractivity contribution < 1.29 is 13.7 Å². The molecular weight excluding hydrogens is 295 g/mol. The molecule has 1 saturated carbocycles. The number of hydrogen-bond donors (Lipinski definition) is 0. The first-order valence-corrected chi connectivity index (χ1v) is 7.27. The van der Waals surface area contributed by atoms with Gasteiger partial charge in [-0.25, -0.2) is 4.39 Å². The van der Waals surface area contributed by atoms with Gasteiger partial charge < -0.3 is 4.52 Å². The van der Waals surface area contributed by atoms with E-state index >= 15 is 0 Å². The van der Waals surface area contributed by atoms with Crippen LogP contribution >= 0.6 is 11.6 Å². The van der Waals surface area contributed by atoms with Gasteiger partial charge in [-0.05, 0) is 30.5 Å². The van der Waals surface area contributed by atoms with Crippen LogP contribution in [0.2, 0.25) is 5.02 Å². The number of rotatable bonds is 3. The average Bonchev–Trinajstić information content (AvgIpc) is 2.91. The molecule has 0 atom stereocenters. The fourth-order valence-electron chi connectivity index (χ4n) is 2.53. The summed E-state index contributed by atoms with van der Waals surface area (Å²) in [6.45, 7) is 0. The number of carbonyl (C=O) groups is 1. The van der Waals surface area contributed by atoms with E-state index in [9.17, 15) is 9.18 Å². The Kier molecular flexibility index (Phi) is 4.01. The van der Waals surface area contributed by atoms with Crippen LogP contribution in [0.25, 0.3) is 0 Å². The SMILES string of the molecule is O=C1CCC(c2nc(Cc3ccc(F)cc3Cl)no2)CC1. The zero-order valence-corrected chi connectivity index (χ0v) is 12.1. The summed E-state index contributed by atoms with van der Waals surface area (Å²) in [6, 6.07) is 4.24. The molecule has 6 heteroatoms. The summed E-state index contributed by atoms with van der Waals surface area (Å²) < 4.78 is 18.3. The van der Waals surface area contributed by atoms with Crippen molar-refractivity contribution in [2.75, 3.05) is 0 Å². The molecule has 110 valence electrons. The van der Waals surface area contributed by atoms with Gasteiger partial charge in [-0.2, -0.15) is 4.98 Å². The number of ketones is 1. The minimum absolute atomic E-state index is 0.160.